The summed E-state index contributed by atoms with van der Waals surface area (Å²) in [4.78, 5) is 0. The van der Waals surface area contributed by atoms with Crippen molar-refractivity contribution in [3.63, 3.8) is 0 Å². The van der Waals surface area contributed by atoms with Crippen molar-refractivity contribution < 1.29 is 0 Å². The highest BCUT2D eigenvalue weighted by atomic mass is 15.4. The maximum atomic E-state index is 3.97. The van der Waals surface area contributed by atoms with Gasteiger partial charge >= 0.3 is 0 Å². The zero-order valence-electron chi connectivity index (χ0n) is 4.63. The minimum Gasteiger partial charge on any atom is -0.295 e. The zero-order valence-corrected chi connectivity index (χ0v) is 4.63. The van der Waals surface area contributed by atoms with Crippen LogP contribution in [-0.2, 0) is 0 Å². The summed E-state index contributed by atoms with van der Waals surface area (Å²) < 4.78 is 0. The molecule has 1 unspecified atom stereocenters. The van der Waals surface area contributed by atoms with E-state index in [1.54, 1.807) is 0 Å². The standard InChI is InChI=1S/C5H9N2/c1-5-3-6-7(2)4-5/h3-5H,1-2H3. The molecule has 2 heteroatoms. The molecule has 0 aromatic rings. The summed E-state index contributed by atoms with van der Waals surface area (Å²) >= 11 is 0. The first-order valence-corrected chi connectivity index (χ1v) is 2.41. The third kappa shape index (κ3) is 0.918. The van der Waals surface area contributed by atoms with E-state index in [0.29, 0.717) is 5.92 Å². The number of hydrazone groups is 1. The fourth-order valence-corrected chi connectivity index (χ4v) is 0.628. The predicted molar refractivity (Wildman–Crippen MR) is 29.7 cm³/mol. The van der Waals surface area contributed by atoms with Crippen LogP contribution in [0.5, 0.6) is 0 Å². The van der Waals surface area contributed by atoms with E-state index in [2.05, 4.69) is 18.6 Å². The van der Waals surface area contributed by atoms with Crippen LogP contribution in [-0.4, -0.2) is 18.3 Å². The monoisotopic (exact) mass is 97.1 g/mol. The highest BCUT2D eigenvalue weighted by Crippen LogP contribution is 2.07. The zero-order chi connectivity index (χ0) is 5.28. The van der Waals surface area contributed by atoms with Crippen LogP contribution in [0.1, 0.15) is 6.92 Å². The van der Waals surface area contributed by atoms with Gasteiger partial charge in [-0.05, 0) is 0 Å². The van der Waals surface area contributed by atoms with E-state index < -0.39 is 0 Å². The molecular weight excluding hydrogens is 88.1 g/mol. The second-order valence-electron chi connectivity index (χ2n) is 1.85. The van der Waals surface area contributed by atoms with Gasteiger partial charge in [-0.1, -0.05) is 6.92 Å². The van der Waals surface area contributed by atoms with E-state index >= 15 is 0 Å². The molecule has 2 nitrogen and oxygen atoms in total. The molecule has 1 aliphatic rings. The molecule has 1 radical (unpaired) electrons. The Morgan fingerprint density at radius 2 is 2.43 bits per heavy atom. The van der Waals surface area contributed by atoms with Gasteiger partial charge in [0.15, 0.2) is 0 Å². The van der Waals surface area contributed by atoms with Crippen LogP contribution < -0.4 is 0 Å². The quantitative estimate of drug-likeness (QED) is 0.434. The van der Waals surface area contributed by atoms with E-state index in [9.17, 15) is 0 Å². The smallest absolute Gasteiger partial charge is 0.0768 e. The van der Waals surface area contributed by atoms with Crippen molar-refractivity contribution in [1.82, 2.24) is 5.01 Å². The molecule has 0 aromatic carbocycles. The Morgan fingerprint density at radius 1 is 1.71 bits per heavy atom. The average Bonchev–Trinajstić information content (AvgIpc) is 1.87. The lowest BCUT2D eigenvalue weighted by molar-refractivity contribution is 0.438. The van der Waals surface area contributed by atoms with Gasteiger partial charge in [0.25, 0.3) is 0 Å². The molecule has 39 valence electrons. The molecule has 1 rings (SSSR count). The molecule has 0 aromatic heterocycles. The van der Waals surface area contributed by atoms with Crippen LogP contribution in [0, 0.1) is 12.5 Å². The summed E-state index contributed by atoms with van der Waals surface area (Å²) in [6.45, 7) is 4.16. The van der Waals surface area contributed by atoms with Crippen molar-refractivity contribution in [3.8, 4) is 0 Å². The maximum absolute atomic E-state index is 3.97. The molecule has 0 bridgehead atoms. The largest absolute Gasteiger partial charge is 0.295 e. The van der Waals surface area contributed by atoms with Gasteiger partial charge in [0.1, 0.15) is 0 Å². The number of hydrogen-bond acceptors (Lipinski definition) is 2. The minimum absolute atomic E-state index is 0.532. The lowest BCUT2D eigenvalue weighted by Crippen LogP contribution is -2.02. The van der Waals surface area contributed by atoms with Gasteiger partial charge in [0, 0.05) is 19.2 Å². The average molecular weight is 97.1 g/mol. The molecule has 1 atom stereocenters. The lowest BCUT2D eigenvalue weighted by Gasteiger charge is -2.02. The Balaban J connectivity index is 2.42. The number of nitrogens with zero attached hydrogens (tertiary/aromatic N) is 2. The molecule has 0 saturated heterocycles. The summed E-state index contributed by atoms with van der Waals surface area (Å²) in [5.41, 5.74) is 0. The van der Waals surface area contributed by atoms with Gasteiger partial charge in [0.05, 0.1) is 6.54 Å². The van der Waals surface area contributed by atoms with Crippen LogP contribution >= 0.6 is 0 Å². The van der Waals surface area contributed by atoms with Crippen molar-refractivity contribution in [1.29, 1.82) is 0 Å². The first kappa shape index (κ1) is 4.62. The number of hydrogen-bond donors (Lipinski definition) is 0. The molecule has 0 amide bonds. The fourth-order valence-electron chi connectivity index (χ4n) is 0.628. The molecule has 1 aliphatic heterocycles. The molecule has 1 heterocycles. The summed E-state index contributed by atoms with van der Waals surface area (Å²) in [6, 6.07) is 0. The van der Waals surface area contributed by atoms with Gasteiger partial charge in [-0.15, -0.1) is 0 Å². The second-order valence-corrected chi connectivity index (χ2v) is 1.85. The molecule has 0 aliphatic carbocycles. The Hall–Kier alpha value is -0.530. The van der Waals surface area contributed by atoms with Gasteiger partial charge in [0.2, 0.25) is 0 Å². The van der Waals surface area contributed by atoms with Crippen LogP contribution in [0.3, 0.4) is 0 Å². The molecule has 0 fully saturated rings. The van der Waals surface area contributed by atoms with Crippen LogP contribution in [0.2, 0.25) is 0 Å². The van der Waals surface area contributed by atoms with Gasteiger partial charge in [-0.25, -0.2) is 0 Å². The van der Waals surface area contributed by atoms with E-state index in [4.69, 9.17) is 0 Å². The van der Waals surface area contributed by atoms with Gasteiger partial charge in [-0.2, -0.15) is 5.10 Å². The van der Waals surface area contributed by atoms with E-state index in [0.717, 1.165) is 0 Å². The maximum Gasteiger partial charge on any atom is 0.0768 e. The number of rotatable bonds is 0. The summed E-state index contributed by atoms with van der Waals surface area (Å²) in [7, 11) is 1.93. The first-order valence-electron chi connectivity index (χ1n) is 2.41. The third-order valence-corrected chi connectivity index (χ3v) is 0.935. The Labute approximate surface area is 43.8 Å². The van der Waals surface area contributed by atoms with Crippen molar-refractivity contribution in [2.45, 2.75) is 6.92 Å². The minimum atomic E-state index is 0.532. The SMILES string of the molecule is CC1[CH]N(C)N=C1. The van der Waals surface area contributed by atoms with Crippen molar-refractivity contribution >= 4 is 6.21 Å². The molecule has 0 spiro atoms. The first-order chi connectivity index (χ1) is 3.29. The topological polar surface area (TPSA) is 15.6 Å². The van der Waals surface area contributed by atoms with Crippen LogP contribution in [0.4, 0.5) is 0 Å². The third-order valence-electron chi connectivity index (χ3n) is 0.935. The summed E-state index contributed by atoms with van der Waals surface area (Å²) in [5.74, 6) is 0.532. The van der Waals surface area contributed by atoms with Crippen molar-refractivity contribution in [2.75, 3.05) is 7.05 Å². The summed E-state index contributed by atoms with van der Waals surface area (Å²) in [6.07, 6.45) is 1.92. The van der Waals surface area contributed by atoms with Gasteiger partial charge in [-0.3, -0.25) is 5.01 Å². The Bertz CT molecular complexity index is 78.1. The molecular formula is C5H9N2. The lowest BCUT2D eigenvalue weighted by atomic mass is 10.2. The second kappa shape index (κ2) is 1.52. The molecule has 0 saturated carbocycles. The molecule has 0 N–H and O–H groups in total. The summed E-state index contributed by atoms with van der Waals surface area (Å²) in [5, 5.41) is 5.79. The normalized spacial score (nSPS) is 29.4. The highest BCUT2D eigenvalue weighted by molar-refractivity contribution is 5.63. The molecule has 7 heavy (non-hydrogen) atoms. The fraction of sp³-hybridized carbons (Fsp3) is 0.600. The van der Waals surface area contributed by atoms with E-state index in [-0.39, 0.29) is 0 Å². The predicted octanol–water partition coefficient (Wildman–Crippen LogP) is 0.715. The van der Waals surface area contributed by atoms with Crippen LogP contribution in [0.15, 0.2) is 5.10 Å². The van der Waals surface area contributed by atoms with Gasteiger partial charge < -0.3 is 0 Å². The van der Waals surface area contributed by atoms with E-state index in [1.165, 1.54) is 0 Å². The highest BCUT2D eigenvalue weighted by Gasteiger charge is 2.07. The Morgan fingerprint density at radius 3 is 2.57 bits per heavy atom. The van der Waals surface area contributed by atoms with Crippen LogP contribution in [0.25, 0.3) is 0 Å². The van der Waals surface area contributed by atoms with Crippen molar-refractivity contribution in [2.24, 2.45) is 11.0 Å². The van der Waals surface area contributed by atoms with E-state index in [1.807, 2.05) is 18.3 Å². The Kier molecular flexibility index (Phi) is 1.01. The van der Waals surface area contributed by atoms with Crippen molar-refractivity contribution in [3.05, 3.63) is 6.54 Å².